The molecule has 128 valence electrons. The van der Waals surface area contributed by atoms with Gasteiger partial charge in [0.25, 0.3) is 5.91 Å². The lowest BCUT2D eigenvalue weighted by atomic mass is 10.1. The van der Waals surface area contributed by atoms with Gasteiger partial charge in [0.15, 0.2) is 5.13 Å². The van der Waals surface area contributed by atoms with Crippen molar-refractivity contribution in [1.29, 1.82) is 0 Å². The Kier molecular flexibility index (Phi) is 4.09. The number of rotatable bonds is 5. The molecule has 0 bridgehead atoms. The third kappa shape index (κ3) is 3.32. The van der Waals surface area contributed by atoms with Crippen LogP contribution in [0.1, 0.15) is 45.4 Å². The number of carbonyl (C=O) groups is 1. The average Bonchev–Trinajstić information content (AvgIpc) is 3.22. The van der Waals surface area contributed by atoms with Crippen molar-refractivity contribution < 1.29 is 9.18 Å². The van der Waals surface area contributed by atoms with Crippen LogP contribution in [-0.4, -0.2) is 20.4 Å². The van der Waals surface area contributed by atoms with E-state index >= 15 is 0 Å². The summed E-state index contributed by atoms with van der Waals surface area (Å²) >= 11 is 1.42. The maximum Gasteiger partial charge on any atom is 0.275 e. The quantitative estimate of drug-likeness (QED) is 0.758. The minimum absolute atomic E-state index is 0.210. The van der Waals surface area contributed by atoms with E-state index in [0.717, 1.165) is 23.4 Å². The zero-order valence-electron chi connectivity index (χ0n) is 13.7. The number of amides is 1. The molecule has 1 amide bonds. The monoisotopic (exact) mass is 356 g/mol. The van der Waals surface area contributed by atoms with E-state index in [2.05, 4.69) is 15.3 Å². The number of nitrogens with zero attached hydrogens (tertiary/aromatic N) is 3. The summed E-state index contributed by atoms with van der Waals surface area (Å²) in [5.41, 5.74) is 2.12. The van der Waals surface area contributed by atoms with Crippen LogP contribution in [0.2, 0.25) is 0 Å². The van der Waals surface area contributed by atoms with E-state index < -0.39 is 0 Å². The van der Waals surface area contributed by atoms with E-state index in [0.29, 0.717) is 28.7 Å². The summed E-state index contributed by atoms with van der Waals surface area (Å²) in [5, 5.41) is 3.40. The van der Waals surface area contributed by atoms with Crippen molar-refractivity contribution in [3.63, 3.8) is 0 Å². The lowest BCUT2D eigenvalue weighted by molar-refractivity contribution is 0.101. The molecule has 0 spiro atoms. The number of thiazole rings is 1. The van der Waals surface area contributed by atoms with Crippen LogP contribution in [0.4, 0.5) is 9.52 Å². The Labute approximate surface area is 148 Å². The molecule has 0 unspecified atom stereocenters. The molecule has 2 aromatic heterocycles. The Morgan fingerprint density at radius 2 is 2.20 bits per heavy atom. The van der Waals surface area contributed by atoms with Crippen LogP contribution in [0.25, 0.3) is 0 Å². The third-order valence-corrected chi connectivity index (χ3v) is 5.26. The largest absolute Gasteiger partial charge is 0.330 e. The second-order valence-corrected chi connectivity index (χ2v) is 7.30. The number of imidazole rings is 1. The normalized spacial score (nSPS) is 13.8. The molecule has 0 aliphatic heterocycles. The van der Waals surface area contributed by atoms with Crippen LogP contribution in [-0.2, 0) is 13.5 Å². The number of nitrogens with one attached hydrogen (secondary N) is 1. The Balaban J connectivity index is 1.59. The SMILES string of the molecule is Cn1cncc1C(=O)Nc1nc(C2CC2)c(Cc2ccccc2F)s1. The highest BCUT2D eigenvalue weighted by Gasteiger charge is 2.30. The Morgan fingerprint density at radius 3 is 2.88 bits per heavy atom. The molecule has 5 nitrogen and oxygen atoms in total. The number of carbonyl (C=O) groups excluding carboxylic acids is 1. The first-order chi connectivity index (χ1) is 12.1. The molecule has 3 aromatic rings. The van der Waals surface area contributed by atoms with Crippen LogP contribution < -0.4 is 5.32 Å². The van der Waals surface area contributed by atoms with E-state index in [1.165, 1.54) is 23.6 Å². The number of aromatic nitrogens is 3. The Bertz CT molecular complexity index is 929. The molecule has 4 rings (SSSR count). The molecule has 1 aromatic carbocycles. The standard InChI is InChI=1S/C18H17FN4OS/c1-23-10-20-9-14(23)17(24)22-18-21-16(11-6-7-11)15(25-18)8-12-4-2-3-5-13(12)19/h2-5,9-11H,6-8H2,1H3,(H,21,22,24). The van der Waals surface area contributed by atoms with Gasteiger partial charge in [0.05, 0.1) is 18.2 Å². The number of aryl methyl sites for hydroxylation is 1. The van der Waals surface area contributed by atoms with Crippen molar-refractivity contribution in [1.82, 2.24) is 14.5 Å². The molecule has 7 heteroatoms. The van der Waals surface area contributed by atoms with Crippen LogP contribution in [0.3, 0.4) is 0 Å². The molecular formula is C18H17FN4OS. The van der Waals surface area contributed by atoms with Gasteiger partial charge in [-0.05, 0) is 24.5 Å². The van der Waals surface area contributed by atoms with Crippen LogP contribution in [0.5, 0.6) is 0 Å². The number of benzene rings is 1. The van der Waals surface area contributed by atoms with Gasteiger partial charge in [-0.3, -0.25) is 10.1 Å². The van der Waals surface area contributed by atoms with Crippen molar-refractivity contribution >= 4 is 22.4 Å². The summed E-state index contributed by atoms with van der Waals surface area (Å²) in [4.78, 5) is 21.9. The maximum atomic E-state index is 14.0. The smallest absolute Gasteiger partial charge is 0.275 e. The van der Waals surface area contributed by atoms with Crippen molar-refractivity contribution in [2.75, 3.05) is 5.32 Å². The fraction of sp³-hybridized carbons (Fsp3) is 0.278. The lowest BCUT2D eigenvalue weighted by Gasteiger charge is -2.02. The van der Waals surface area contributed by atoms with Gasteiger partial charge >= 0.3 is 0 Å². The first-order valence-corrected chi connectivity index (χ1v) is 8.94. The van der Waals surface area contributed by atoms with Crippen LogP contribution in [0, 0.1) is 5.82 Å². The minimum atomic E-state index is -0.242. The van der Waals surface area contributed by atoms with E-state index in [-0.39, 0.29) is 11.7 Å². The fourth-order valence-corrected chi connectivity index (χ4v) is 3.84. The second-order valence-electron chi connectivity index (χ2n) is 6.21. The fourth-order valence-electron chi connectivity index (χ4n) is 2.77. The summed E-state index contributed by atoms with van der Waals surface area (Å²) in [6.45, 7) is 0. The van der Waals surface area contributed by atoms with Crippen molar-refractivity contribution in [3.8, 4) is 0 Å². The molecule has 25 heavy (non-hydrogen) atoms. The average molecular weight is 356 g/mol. The van der Waals surface area contributed by atoms with E-state index in [9.17, 15) is 9.18 Å². The number of anilines is 1. The summed E-state index contributed by atoms with van der Waals surface area (Å²) in [7, 11) is 1.77. The summed E-state index contributed by atoms with van der Waals surface area (Å²) in [6, 6.07) is 6.78. The molecule has 0 saturated heterocycles. The second kappa shape index (κ2) is 6.40. The zero-order chi connectivity index (χ0) is 17.4. The van der Waals surface area contributed by atoms with Crippen LogP contribution >= 0.6 is 11.3 Å². The predicted molar refractivity (Wildman–Crippen MR) is 94.5 cm³/mol. The molecule has 0 atom stereocenters. The van der Waals surface area contributed by atoms with E-state index in [1.54, 1.807) is 30.1 Å². The van der Waals surface area contributed by atoms with Gasteiger partial charge < -0.3 is 4.57 Å². The maximum absolute atomic E-state index is 14.0. The molecule has 0 radical (unpaired) electrons. The summed E-state index contributed by atoms with van der Waals surface area (Å²) in [6.07, 6.45) is 5.80. The van der Waals surface area contributed by atoms with Gasteiger partial charge in [-0.1, -0.05) is 18.2 Å². The van der Waals surface area contributed by atoms with Gasteiger partial charge in [-0.2, -0.15) is 0 Å². The molecule has 1 N–H and O–H groups in total. The first kappa shape index (κ1) is 16.0. The summed E-state index contributed by atoms with van der Waals surface area (Å²) in [5.74, 6) is -0.0213. The van der Waals surface area contributed by atoms with Gasteiger partial charge in [0.2, 0.25) is 0 Å². The highest BCUT2D eigenvalue weighted by Crippen LogP contribution is 2.44. The highest BCUT2D eigenvalue weighted by atomic mass is 32.1. The molecule has 1 aliphatic carbocycles. The van der Waals surface area contributed by atoms with Gasteiger partial charge in [-0.15, -0.1) is 11.3 Å². The topological polar surface area (TPSA) is 59.8 Å². The van der Waals surface area contributed by atoms with Crippen molar-refractivity contribution in [3.05, 3.63) is 64.4 Å². The predicted octanol–water partition coefficient (Wildman–Crippen LogP) is 3.74. The lowest BCUT2D eigenvalue weighted by Crippen LogP contribution is -2.15. The zero-order valence-corrected chi connectivity index (χ0v) is 14.5. The van der Waals surface area contributed by atoms with Gasteiger partial charge in [0, 0.05) is 24.3 Å². The highest BCUT2D eigenvalue weighted by molar-refractivity contribution is 7.16. The van der Waals surface area contributed by atoms with Crippen molar-refractivity contribution in [2.45, 2.75) is 25.2 Å². The Hall–Kier alpha value is -2.54. The minimum Gasteiger partial charge on any atom is -0.330 e. The molecule has 1 aliphatic rings. The number of hydrogen-bond donors (Lipinski definition) is 1. The van der Waals surface area contributed by atoms with Gasteiger partial charge in [0.1, 0.15) is 11.5 Å². The first-order valence-electron chi connectivity index (χ1n) is 8.12. The Morgan fingerprint density at radius 1 is 1.40 bits per heavy atom. The third-order valence-electron chi connectivity index (χ3n) is 4.27. The van der Waals surface area contributed by atoms with Crippen molar-refractivity contribution in [2.24, 2.45) is 7.05 Å². The summed E-state index contributed by atoms with van der Waals surface area (Å²) < 4.78 is 15.6. The molecule has 2 heterocycles. The molecule has 1 saturated carbocycles. The molecule has 1 fully saturated rings. The van der Waals surface area contributed by atoms with E-state index in [4.69, 9.17) is 0 Å². The van der Waals surface area contributed by atoms with Crippen LogP contribution in [0.15, 0.2) is 36.8 Å². The number of halogens is 1. The van der Waals surface area contributed by atoms with Gasteiger partial charge in [-0.25, -0.2) is 14.4 Å². The molecular weight excluding hydrogens is 339 g/mol. The van der Waals surface area contributed by atoms with E-state index in [1.807, 2.05) is 6.07 Å². The number of hydrogen-bond acceptors (Lipinski definition) is 4.